The van der Waals surface area contributed by atoms with Crippen LogP contribution >= 0.6 is 0 Å². The third kappa shape index (κ3) is 4.76. The van der Waals surface area contributed by atoms with Gasteiger partial charge in [-0.15, -0.1) is 0 Å². The average Bonchev–Trinajstić information content (AvgIpc) is 3.08. The molecule has 3 rings (SSSR count). The van der Waals surface area contributed by atoms with Crippen molar-refractivity contribution >= 4 is 5.91 Å². The van der Waals surface area contributed by atoms with Crippen molar-refractivity contribution < 1.29 is 18.0 Å². The molecule has 2 fully saturated rings. The zero-order chi connectivity index (χ0) is 18.0. The number of likely N-dealkylation sites (tertiary alicyclic amines) is 1. The molecule has 2 saturated heterocycles. The molecule has 1 unspecified atom stereocenters. The second-order valence-corrected chi connectivity index (χ2v) is 7.21. The highest BCUT2D eigenvalue weighted by Gasteiger charge is 2.42. The molecule has 1 aromatic rings. The summed E-state index contributed by atoms with van der Waals surface area (Å²) >= 11 is 0. The normalized spacial score (nSPS) is 24.6. The largest absolute Gasteiger partial charge is 0.444 e. The third-order valence-electron chi connectivity index (χ3n) is 5.13. The standard InChI is InChI=1S/C17H26F2N4O2/c1-11-12(2)25-15(22-11)9-23-5-3-13(4-6-23)8-20-16(24)14-7-17(18,19)10-21-14/h13-14,21H,3-10H2,1-2H3,(H,20,24). The van der Waals surface area contributed by atoms with E-state index in [9.17, 15) is 13.6 Å². The number of piperidine rings is 1. The first-order valence-corrected chi connectivity index (χ1v) is 8.86. The number of amides is 1. The molecule has 0 aromatic carbocycles. The molecular weight excluding hydrogens is 330 g/mol. The van der Waals surface area contributed by atoms with E-state index in [0.717, 1.165) is 43.3 Å². The lowest BCUT2D eigenvalue weighted by atomic mass is 9.96. The number of aromatic nitrogens is 1. The molecule has 1 aromatic heterocycles. The van der Waals surface area contributed by atoms with Crippen molar-refractivity contribution in [2.24, 2.45) is 5.92 Å². The van der Waals surface area contributed by atoms with E-state index >= 15 is 0 Å². The Balaban J connectivity index is 1.37. The molecule has 3 heterocycles. The molecule has 2 aliphatic rings. The van der Waals surface area contributed by atoms with Crippen LogP contribution in [0.5, 0.6) is 0 Å². The van der Waals surface area contributed by atoms with E-state index in [1.165, 1.54) is 0 Å². The zero-order valence-corrected chi connectivity index (χ0v) is 14.8. The van der Waals surface area contributed by atoms with Gasteiger partial charge in [-0.2, -0.15) is 0 Å². The second kappa shape index (κ2) is 7.37. The molecule has 0 bridgehead atoms. The van der Waals surface area contributed by atoms with Gasteiger partial charge in [0.2, 0.25) is 11.8 Å². The molecular formula is C17H26F2N4O2. The summed E-state index contributed by atoms with van der Waals surface area (Å²) in [6.45, 7) is 6.52. The summed E-state index contributed by atoms with van der Waals surface area (Å²) in [5.74, 6) is -1.10. The Morgan fingerprint density at radius 2 is 2.12 bits per heavy atom. The Morgan fingerprint density at radius 1 is 1.40 bits per heavy atom. The first-order valence-electron chi connectivity index (χ1n) is 8.86. The molecule has 0 spiro atoms. The van der Waals surface area contributed by atoms with E-state index in [-0.39, 0.29) is 5.91 Å². The number of nitrogens with zero attached hydrogens (tertiary/aromatic N) is 2. The van der Waals surface area contributed by atoms with Crippen molar-refractivity contribution in [2.75, 3.05) is 26.2 Å². The number of carbonyl (C=O) groups is 1. The first-order chi connectivity index (χ1) is 11.8. The maximum absolute atomic E-state index is 13.1. The van der Waals surface area contributed by atoms with Crippen LogP contribution in [0.2, 0.25) is 0 Å². The quantitative estimate of drug-likeness (QED) is 0.839. The first kappa shape index (κ1) is 18.3. The maximum atomic E-state index is 13.1. The number of oxazole rings is 1. The number of rotatable bonds is 5. The van der Waals surface area contributed by atoms with Crippen molar-refractivity contribution in [3.05, 3.63) is 17.3 Å². The number of carbonyl (C=O) groups excluding carboxylic acids is 1. The molecule has 0 radical (unpaired) electrons. The Hall–Kier alpha value is -1.54. The van der Waals surface area contributed by atoms with Gasteiger partial charge in [0, 0.05) is 13.0 Å². The summed E-state index contributed by atoms with van der Waals surface area (Å²) in [5, 5.41) is 5.41. The monoisotopic (exact) mass is 356 g/mol. The minimum absolute atomic E-state index is 0.314. The zero-order valence-electron chi connectivity index (χ0n) is 14.8. The van der Waals surface area contributed by atoms with Gasteiger partial charge in [-0.1, -0.05) is 0 Å². The van der Waals surface area contributed by atoms with Gasteiger partial charge in [0.1, 0.15) is 5.76 Å². The Morgan fingerprint density at radius 3 is 2.68 bits per heavy atom. The van der Waals surface area contributed by atoms with Gasteiger partial charge >= 0.3 is 0 Å². The summed E-state index contributed by atoms with van der Waals surface area (Å²) in [6.07, 6.45) is 1.52. The van der Waals surface area contributed by atoms with E-state index in [1.807, 2.05) is 13.8 Å². The summed E-state index contributed by atoms with van der Waals surface area (Å²) in [5.41, 5.74) is 0.929. The van der Waals surface area contributed by atoms with Crippen LogP contribution in [0.4, 0.5) is 8.78 Å². The SMILES string of the molecule is Cc1nc(CN2CCC(CNC(=O)C3CC(F)(F)CN3)CC2)oc1C. The lowest BCUT2D eigenvalue weighted by Crippen LogP contribution is -2.44. The van der Waals surface area contributed by atoms with Crippen LogP contribution < -0.4 is 10.6 Å². The fourth-order valence-electron chi connectivity index (χ4n) is 3.42. The third-order valence-corrected chi connectivity index (χ3v) is 5.13. The fraction of sp³-hybridized carbons (Fsp3) is 0.765. The van der Waals surface area contributed by atoms with Crippen LogP contribution in [0, 0.1) is 19.8 Å². The number of halogens is 2. The summed E-state index contributed by atoms with van der Waals surface area (Å²) in [7, 11) is 0. The van der Waals surface area contributed by atoms with Crippen molar-refractivity contribution in [3.8, 4) is 0 Å². The lowest BCUT2D eigenvalue weighted by Gasteiger charge is -2.31. The maximum Gasteiger partial charge on any atom is 0.262 e. The topological polar surface area (TPSA) is 70.4 Å². The number of hydrogen-bond acceptors (Lipinski definition) is 5. The molecule has 0 aliphatic carbocycles. The van der Waals surface area contributed by atoms with E-state index in [0.29, 0.717) is 19.0 Å². The summed E-state index contributed by atoms with van der Waals surface area (Å²) < 4.78 is 31.9. The molecule has 25 heavy (non-hydrogen) atoms. The van der Waals surface area contributed by atoms with Crippen molar-refractivity contribution in [2.45, 2.75) is 51.6 Å². The molecule has 6 nitrogen and oxygen atoms in total. The Labute approximate surface area is 146 Å². The lowest BCUT2D eigenvalue weighted by molar-refractivity contribution is -0.123. The van der Waals surface area contributed by atoms with Gasteiger partial charge < -0.3 is 9.73 Å². The minimum atomic E-state index is -2.77. The number of aryl methyl sites for hydroxylation is 2. The Kier molecular flexibility index (Phi) is 5.38. The number of alkyl halides is 2. The van der Waals surface area contributed by atoms with Crippen LogP contribution in [-0.2, 0) is 11.3 Å². The molecule has 1 atom stereocenters. The van der Waals surface area contributed by atoms with Gasteiger partial charge in [0.15, 0.2) is 0 Å². The van der Waals surface area contributed by atoms with Gasteiger partial charge in [-0.25, -0.2) is 13.8 Å². The van der Waals surface area contributed by atoms with Crippen LogP contribution in [0.25, 0.3) is 0 Å². The molecule has 140 valence electrons. The fourth-order valence-corrected chi connectivity index (χ4v) is 3.42. The van der Waals surface area contributed by atoms with E-state index < -0.39 is 24.9 Å². The molecule has 0 saturated carbocycles. The van der Waals surface area contributed by atoms with Gasteiger partial charge in [-0.05, 0) is 45.7 Å². The van der Waals surface area contributed by atoms with Crippen molar-refractivity contribution in [1.29, 1.82) is 0 Å². The van der Waals surface area contributed by atoms with Crippen molar-refractivity contribution in [1.82, 2.24) is 20.5 Å². The number of nitrogens with one attached hydrogen (secondary N) is 2. The van der Waals surface area contributed by atoms with E-state index in [2.05, 4.69) is 20.5 Å². The summed E-state index contributed by atoms with van der Waals surface area (Å²) in [4.78, 5) is 18.7. The van der Waals surface area contributed by atoms with Gasteiger partial charge in [0.25, 0.3) is 5.92 Å². The molecule has 2 aliphatic heterocycles. The van der Waals surface area contributed by atoms with E-state index in [4.69, 9.17) is 4.42 Å². The highest BCUT2D eigenvalue weighted by Crippen LogP contribution is 2.25. The predicted octanol–water partition coefficient (Wildman–Crippen LogP) is 1.62. The second-order valence-electron chi connectivity index (χ2n) is 7.21. The van der Waals surface area contributed by atoms with Crippen LogP contribution in [0.1, 0.15) is 36.6 Å². The molecule has 2 N–H and O–H groups in total. The van der Waals surface area contributed by atoms with E-state index in [1.54, 1.807) is 0 Å². The van der Waals surface area contributed by atoms with Crippen LogP contribution in [0.15, 0.2) is 4.42 Å². The number of hydrogen-bond donors (Lipinski definition) is 2. The van der Waals surface area contributed by atoms with Gasteiger partial charge in [0.05, 0.1) is 24.8 Å². The summed E-state index contributed by atoms with van der Waals surface area (Å²) in [6, 6.07) is -0.772. The predicted molar refractivity (Wildman–Crippen MR) is 88.3 cm³/mol. The average molecular weight is 356 g/mol. The van der Waals surface area contributed by atoms with Crippen LogP contribution in [0.3, 0.4) is 0 Å². The highest BCUT2D eigenvalue weighted by atomic mass is 19.3. The van der Waals surface area contributed by atoms with Gasteiger partial charge in [-0.3, -0.25) is 15.0 Å². The highest BCUT2D eigenvalue weighted by molar-refractivity contribution is 5.82. The smallest absolute Gasteiger partial charge is 0.262 e. The van der Waals surface area contributed by atoms with Crippen molar-refractivity contribution in [3.63, 3.8) is 0 Å². The molecule has 1 amide bonds. The van der Waals surface area contributed by atoms with Crippen LogP contribution in [-0.4, -0.2) is 53.9 Å². The minimum Gasteiger partial charge on any atom is -0.444 e. The Bertz CT molecular complexity index is 592. The molecule has 8 heteroatoms.